The predicted octanol–water partition coefficient (Wildman–Crippen LogP) is 13.8. The fourth-order valence-corrected chi connectivity index (χ4v) is 7.48. The Bertz CT molecular complexity index is 2880. The molecular formula is C49H32N2O. The lowest BCUT2D eigenvalue weighted by Gasteiger charge is -2.25. The highest BCUT2D eigenvalue weighted by Gasteiger charge is 2.18. The number of furan rings is 1. The third-order valence-electron chi connectivity index (χ3n) is 10.1. The second-order valence-electron chi connectivity index (χ2n) is 13.2. The summed E-state index contributed by atoms with van der Waals surface area (Å²) in [6.45, 7) is 0. The quantitative estimate of drug-likeness (QED) is 0.177. The molecule has 0 aliphatic carbocycles. The minimum atomic E-state index is 0.773. The maximum absolute atomic E-state index is 6.44. The van der Waals surface area contributed by atoms with Crippen molar-refractivity contribution >= 4 is 60.8 Å². The minimum Gasteiger partial charge on any atom is -0.454 e. The van der Waals surface area contributed by atoms with Gasteiger partial charge in [-0.15, -0.1) is 0 Å². The van der Waals surface area contributed by atoms with E-state index in [9.17, 15) is 0 Å². The lowest BCUT2D eigenvalue weighted by molar-refractivity contribution is 0.672. The lowest BCUT2D eigenvalue weighted by Crippen LogP contribution is -2.11. The number of nitrogens with zero attached hydrogens (tertiary/aromatic N) is 2. The summed E-state index contributed by atoms with van der Waals surface area (Å²) in [6.07, 6.45) is 0. The van der Waals surface area contributed by atoms with Gasteiger partial charge in [0.05, 0.1) is 0 Å². The lowest BCUT2D eigenvalue weighted by atomic mass is 9.98. The van der Waals surface area contributed by atoms with Crippen LogP contribution in [0.4, 0.5) is 17.2 Å². The molecule has 3 nitrogen and oxygen atoms in total. The van der Waals surface area contributed by atoms with Crippen LogP contribution in [-0.4, -0.2) is 4.98 Å². The number of pyridine rings is 1. The van der Waals surface area contributed by atoms with Crippen molar-refractivity contribution in [3.05, 3.63) is 194 Å². The van der Waals surface area contributed by atoms with E-state index in [1.807, 2.05) is 6.07 Å². The molecule has 3 heteroatoms. The third-order valence-corrected chi connectivity index (χ3v) is 10.1. The van der Waals surface area contributed by atoms with Crippen LogP contribution in [0.3, 0.4) is 0 Å². The monoisotopic (exact) mass is 664 g/mol. The van der Waals surface area contributed by atoms with Crippen LogP contribution in [0.15, 0.2) is 199 Å². The third kappa shape index (κ3) is 5.19. The number of benzene rings is 8. The van der Waals surface area contributed by atoms with Gasteiger partial charge in [0.1, 0.15) is 16.9 Å². The van der Waals surface area contributed by atoms with Gasteiger partial charge in [-0.1, -0.05) is 146 Å². The van der Waals surface area contributed by atoms with Crippen molar-refractivity contribution in [1.29, 1.82) is 0 Å². The van der Waals surface area contributed by atoms with E-state index in [-0.39, 0.29) is 0 Å². The molecule has 0 bridgehead atoms. The Morgan fingerprint density at radius 2 is 0.962 bits per heavy atom. The fraction of sp³-hybridized carbons (Fsp3) is 0. The number of hydrogen-bond donors (Lipinski definition) is 0. The van der Waals surface area contributed by atoms with Gasteiger partial charge in [-0.05, 0) is 98.1 Å². The summed E-state index contributed by atoms with van der Waals surface area (Å²) < 4.78 is 6.44. The average Bonchev–Trinajstić information content (AvgIpc) is 3.60. The van der Waals surface area contributed by atoms with Gasteiger partial charge in [-0.3, -0.25) is 4.90 Å². The van der Waals surface area contributed by atoms with E-state index in [2.05, 4.69) is 193 Å². The van der Waals surface area contributed by atoms with Crippen molar-refractivity contribution in [2.24, 2.45) is 0 Å². The maximum atomic E-state index is 6.44. The highest BCUT2D eigenvalue weighted by molar-refractivity contribution is 6.14. The maximum Gasteiger partial charge on any atom is 0.154 e. The highest BCUT2D eigenvalue weighted by atomic mass is 16.3. The summed E-state index contributed by atoms with van der Waals surface area (Å²) in [7, 11) is 0. The van der Waals surface area contributed by atoms with Crippen LogP contribution in [0.25, 0.3) is 77.0 Å². The standard InChI is InChI=1S/C49H32N2O/c1-2-10-33(11-3-1)38-15-8-16-39(32-38)34-20-25-40(26-21-34)51(41-27-22-37(23-28-41)43-19-9-14-35-12-4-6-17-42(35)43)47-31-30-46-48(50-47)45-29-24-36-13-5-7-18-44(36)49(45)52-46/h1-32H. The van der Waals surface area contributed by atoms with Gasteiger partial charge in [-0.2, -0.15) is 0 Å². The van der Waals surface area contributed by atoms with Crippen molar-refractivity contribution in [3.63, 3.8) is 0 Å². The molecule has 0 saturated heterocycles. The summed E-state index contributed by atoms with van der Waals surface area (Å²) in [5.41, 5.74) is 11.7. The Kier molecular flexibility index (Phi) is 7.14. The minimum absolute atomic E-state index is 0.773. The number of hydrogen-bond acceptors (Lipinski definition) is 3. The van der Waals surface area contributed by atoms with Crippen LogP contribution < -0.4 is 4.90 Å². The highest BCUT2D eigenvalue weighted by Crippen LogP contribution is 2.40. The van der Waals surface area contributed by atoms with Gasteiger partial charge in [0.25, 0.3) is 0 Å². The van der Waals surface area contributed by atoms with E-state index in [0.717, 1.165) is 55.6 Å². The topological polar surface area (TPSA) is 29.3 Å². The normalized spacial score (nSPS) is 11.5. The van der Waals surface area contributed by atoms with E-state index in [1.165, 1.54) is 38.6 Å². The molecule has 2 aromatic heterocycles. The Balaban J connectivity index is 1.09. The second-order valence-corrected chi connectivity index (χ2v) is 13.2. The van der Waals surface area contributed by atoms with Gasteiger partial charge < -0.3 is 4.42 Å². The first-order chi connectivity index (χ1) is 25.8. The molecule has 0 aliphatic rings. The van der Waals surface area contributed by atoms with E-state index < -0.39 is 0 Å². The molecule has 0 spiro atoms. The first-order valence-electron chi connectivity index (χ1n) is 17.6. The van der Waals surface area contributed by atoms with Crippen molar-refractivity contribution < 1.29 is 4.42 Å². The summed E-state index contributed by atoms with van der Waals surface area (Å²) in [5, 5.41) is 5.73. The molecule has 0 N–H and O–H groups in total. The first-order valence-corrected chi connectivity index (χ1v) is 17.6. The molecule has 0 unspecified atom stereocenters. The average molecular weight is 665 g/mol. The Morgan fingerprint density at radius 3 is 1.71 bits per heavy atom. The molecule has 0 atom stereocenters. The number of anilines is 3. The zero-order valence-electron chi connectivity index (χ0n) is 28.3. The second kappa shape index (κ2) is 12.4. The van der Waals surface area contributed by atoms with Crippen LogP contribution >= 0.6 is 0 Å². The van der Waals surface area contributed by atoms with Crippen LogP contribution in [0.5, 0.6) is 0 Å². The number of aromatic nitrogens is 1. The van der Waals surface area contributed by atoms with Gasteiger partial charge in [0.15, 0.2) is 5.58 Å². The van der Waals surface area contributed by atoms with Crippen LogP contribution in [0.2, 0.25) is 0 Å². The van der Waals surface area contributed by atoms with Gasteiger partial charge >= 0.3 is 0 Å². The fourth-order valence-electron chi connectivity index (χ4n) is 7.48. The molecule has 0 radical (unpaired) electrons. The molecule has 0 amide bonds. The van der Waals surface area contributed by atoms with Crippen molar-refractivity contribution in [2.75, 3.05) is 4.90 Å². The zero-order valence-corrected chi connectivity index (χ0v) is 28.3. The van der Waals surface area contributed by atoms with E-state index in [4.69, 9.17) is 9.40 Å². The van der Waals surface area contributed by atoms with Gasteiger partial charge in [-0.25, -0.2) is 4.98 Å². The smallest absolute Gasteiger partial charge is 0.154 e. The summed E-state index contributed by atoms with van der Waals surface area (Å²) in [5.74, 6) is 0.820. The zero-order chi connectivity index (χ0) is 34.4. The predicted molar refractivity (Wildman–Crippen MR) is 218 cm³/mol. The Labute approximate surface area is 301 Å². The molecule has 0 aliphatic heterocycles. The van der Waals surface area contributed by atoms with Gasteiger partial charge in [0.2, 0.25) is 0 Å². The van der Waals surface area contributed by atoms with Crippen LogP contribution in [-0.2, 0) is 0 Å². The summed E-state index contributed by atoms with van der Waals surface area (Å²) >= 11 is 0. The SMILES string of the molecule is c1ccc(-c2cccc(-c3ccc(N(c4ccc(-c5cccc6ccccc56)cc4)c4ccc5oc6c7ccccc7ccc6c5n4)cc3)c2)cc1. The van der Waals surface area contributed by atoms with Crippen molar-refractivity contribution in [3.8, 4) is 33.4 Å². The molecule has 0 saturated carbocycles. The van der Waals surface area contributed by atoms with Crippen LogP contribution in [0, 0.1) is 0 Å². The molecule has 10 rings (SSSR count). The molecule has 52 heavy (non-hydrogen) atoms. The van der Waals surface area contributed by atoms with Crippen molar-refractivity contribution in [1.82, 2.24) is 4.98 Å². The molecule has 244 valence electrons. The van der Waals surface area contributed by atoms with E-state index in [1.54, 1.807) is 0 Å². The molecule has 10 aromatic rings. The molecule has 8 aromatic carbocycles. The summed E-state index contributed by atoms with van der Waals surface area (Å²) in [4.78, 5) is 7.54. The summed E-state index contributed by atoms with van der Waals surface area (Å²) in [6, 6.07) is 68.7. The number of rotatable bonds is 6. The van der Waals surface area contributed by atoms with E-state index >= 15 is 0 Å². The Morgan fingerprint density at radius 1 is 0.385 bits per heavy atom. The molecule has 2 heterocycles. The largest absolute Gasteiger partial charge is 0.454 e. The molecular weight excluding hydrogens is 633 g/mol. The number of fused-ring (bicyclic) bond motifs is 6. The van der Waals surface area contributed by atoms with Gasteiger partial charge in [0, 0.05) is 22.1 Å². The Hall–Kier alpha value is -6.97. The first kappa shape index (κ1) is 29.9. The molecule has 0 fully saturated rings. The van der Waals surface area contributed by atoms with Crippen molar-refractivity contribution in [2.45, 2.75) is 0 Å². The van der Waals surface area contributed by atoms with Crippen LogP contribution in [0.1, 0.15) is 0 Å². The van der Waals surface area contributed by atoms with E-state index in [0.29, 0.717) is 0 Å².